The molecule has 0 bridgehead atoms. The van der Waals surface area contributed by atoms with Crippen LogP contribution in [0, 0.1) is 0 Å². The smallest absolute Gasteiger partial charge is 0.258 e. The number of carbonyl (C=O) groups excluding carboxylic acids is 2. The van der Waals surface area contributed by atoms with Crippen LogP contribution in [0.2, 0.25) is 0 Å². The van der Waals surface area contributed by atoms with Crippen molar-refractivity contribution < 1.29 is 24.1 Å². The van der Waals surface area contributed by atoms with Crippen LogP contribution in [0.5, 0.6) is 11.5 Å². The minimum atomic E-state index is -0.272. The highest BCUT2D eigenvalue weighted by molar-refractivity contribution is 6.32. The molecule has 1 heterocycles. The van der Waals surface area contributed by atoms with Gasteiger partial charge < -0.3 is 14.8 Å². The van der Waals surface area contributed by atoms with Gasteiger partial charge in [0.25, 0.3) is 5.69 Å². The van der Waals surface area contributed by atoms with Gasteiger partial charge in [-0.1, -0.05) is 48.6 Å². The lowest BCUT2D eigenvalue weighted by atomic mass is 9.81. The SMILES string of the molecule is COc1ccc(CNc2cc3c(c4c2C(=O)c2ccccc2C4=O)[NH+]=C2C=CC=CC2O3)cc1. The van der Waals surface area contributed by atoms with Crippen LogP contribution in [0.1, 0.15) is 37.4 Å². The molecule has 3 aromatic rings. The first kappa shape index (κ1) is 20.2. The Morgan fingerprint density at radius 3 is 2.44 bits per heavy atom. The number of rotatable bonds is 4. The molecule has 2 N–H and O–H groups in total. The van der Waals surface area contributed by atoms with Crippen LogP contribution in [-0.4, -0.2) is 30.5 Å². The maximum atomic E-state index is 13.7. The molecule has 3 aromatic carbocycles. The van der Waals surface area contributed by atoms with Gasteiger partial charge in [0, 0.05) is 29.8 Å². The molecule has 0 aromatic heterocycles. The Morgan fingerprint density at radius 2 is 1.71 bits per heavy atom. The van der Waals surface area contributed by atoms with E-state index in [1.54, 1.807) is 31.4 Å². The molecule has 6 heteroatoms. The number of ether oxygens (including phenoxy) is 2. The summed E-state index contributed by atoms with van der Waals surface area (Å²) in [5.41, 5.74) is 4.46. The minimum absolute atomic E-state index is 0.182. The van der Waals surface area contributed by atoms with Gasteiger partial charge >= 0.3 is 0 Å². The standard InChI is InChI=1S/C28H20N2O4/c1-33-17-12-10-16(11-13-17)15-29-21-14-23-26(30-20-8-4-5-9-22(20)34-23)25-24(21)27(31)18-6-2-3-7-19(18)28(25)32/h2-14,22,29H,15H2,1H3/p+1. The Hall–Kier alpha value is -4.45. The third kappa shape index (κ3) is 3.15. The molecule has 0 spiro atoms. The summed E-state index contributed by atoms with van der Waals surface area (Å²) in [7, 11) is 1.63. The minimum Gasteiger partial charge on any atom is -0.497 e. The van der Waals surface area contributed by atoms with Crippen molar-refractivity contribution in [3.05, 3.63) is 107 Å². The molecule has 2 aliphatic carbocycles. The van der Waals surface area contributed by atoms with E-state index in [1.807, 2.05) is 54.6 Å². The van der Waals surface area contributed by atoms with Gasteiger partial charge in [-0.25, -0.2) is 4.99 Å². The Morgan fingerprint density at radius 1 is 0.971 bits per heavy atom. The fourth-order valence-electron chi connectivity index (χ4n) is 4.59. The van der Waals surface area contributed by atoms with E-state index in [0.29, 0.717) is 45.9 Å². The predicted octanol–water partition coefficient (Wildman–Crippen LogP) is 3.12. The Labute approximate surface area is 196 Å². The zero-order chi connectivity index (χ0) is 23.2. The summed E-state index contributed by atoms with van der Waals surface area (Å²) >= 11 is 0. The van der Waals surface area contributed by atoms with Gasteiger partial charge in [0.15, 0.2) is 11.5 Å². The summed E-state index contributed by atoms with van der Waals surface area (Å²) in [4.78, 5) is 30.6. The van der Waals surface area contributed by atoms with Crippen LogP contribution in [0.25, 0.3) is 0 Å². The second-order valence-electron chi connectivity index (χ2n) is 8.32. The van der Waals surface area contributed by atoms with Gasteiger partial charge in [0.1, 0.15) is 11.3 Å². The number of nitrogens with one attached hydrogen (secondary N) is 2. The zero-order valence-electron chi connectivity index (χ0n) is 18.4. The van der Waals surface area contributed by atoms with Crippen molar-refractivity contribution in [2.45, 2.75) is 12.6 Å². The van der Waals surface area contributed by atoms with Crippen molar-refractivity contribution in [2.24, 2.45) is 0 Å². The molecule has 0 amide bonds. The van der Waals surface area contributed by atoms with E-state index in [1.165, 1.54) is 0 Å². The lowest BCUT2D eigenvalue weighted by Crippen LogP contribution is -2.72. The third-order valence-corrected chi connectivity index (χ3v) is 6.31. The largest absolute Gasteiger partial charge is 0.497 e. The maximum absolute atomic E-state index is 13.7. The fraction of sp³-hybridized carbons (Fsp3) is 0.107. The summed E-state index contributed by atoms with van der Waals surface area (Å²) in [5, 5.41) is 3.37. The van der Waals surface area contributed by atoms with Gasteiger partial charge in [0.05, 0.1) is 18.4 Å². The van der Waals surface area contributed by atoms with Gasteiger partial charge in [-0.2, -0.15) is 0 Å². The highest BCUT2D eigenvalue weighted by Gasteiger charge is 2.41. The average molecular weight is 449 g/mol. The first-order chi connectivity index (χ1) is 16.6. The second kappa shape index (κ2) is 7.85. The van der Waals surface area contributed by atoms with Crippen molar-refractivity contribution in [3.8, 4) is 11.5 Å². The monoisotopic (exact) mass is 449 g/mol. The lowest BCUT2D eigenvalue weighted by Gasteiger charge is -2.26. The van der Waals surface area contributed by atoms with Crippen molar-refractivity contribution >= 4 is 28.7 Å². The molecule has 34 heavy (non-hydrogen) atoms. The summed E-state index contributed by atoms with van der Waals surface area (Å²) in [6.07, 6.45) is 7.42. The molecule has 1 aliphatic heterocycles. The number of anilines is 1. The molecular weight excluding hydrogens is 428 g/mol. The molecule has 1 unspecified atom stereocenters. The van der Waals surface area contributed by atoms with Crippen LogP contribution >= 0.6 is 0 Å². The molecule has 3 aliphatic rings. The maximum Gasteiger partial charge on any atom is 0.258 e. The Bertz CT molecular complexity index is 1450. The van der Waals surface area contributed by atoms with E-state index in [-0.39, 0.29) is 17.7 Å². The first-order valence-corrected chi connectivity index (χ1v) is 11.1. The van der Waals surface area contributed by atoms with E-state index in [2.05, 4.69) is 10.3 Å². The summed E-state index contributed by atoms with van der Waals surface area (Å²) in [6, 6.07) is 16.5. The molecule has 0 fully saturated rings. The van der Waals surface area contributed by atoms with Crippen LogP contribution in [0.15, 0.2) is 78.9 Å². The number of ketones is 2. The number of hydrogen-bond donors (Lipinski definition) is 2. The summed E-state index contributed by atoms with van der Waals surface area (Å²) in [5.74, 6) is 0.928. The van der Waals surface area contributed by atoms with E-state index in [9.17, 15) is 9.59 Å². The molecule has 6 nitrogen and oxygen atoms in total. The quantitative estimate of drug-likeness (QED) is 0.501. The number of methoxy groups -OCH3 is 1. The zero-order valence-corrected chi connectivity index (χ0v) is 18.4. The molecular formula is C28H21N2O4+. The molecule has 0 saturated heterocycles. The molecule has 166 valence electrons. The van der Waals surface area contributed by atoms with Crippen molar-refractivity contribution in [3.63, 3.8) is 0 Å². The van der Waals surface area contributed by atoms with Crippen molar-refractivity contribution in [2.75, 3.05) is 12.4 Å². The van der Waals surface area contributed by atoms with Crippen LogP contribution in [0.3, 0.4) is 0 Å². The molecule has 1 atom stereocenters. The normalized spacial score (nSPS) is 17.1. The predicted molar refractivity (Wildman–Crippen MR) is 128 cm³/mol. The molecule has 6 rings (SSSR count). The van der Waals surface area contributed by atoms with Gasteiger partial charge in [-0.15, -0.1) is 0 Å². The number of carbonyl (C=O) groups is 2. The first-order valence-electron chi connectivity index (χ1n) is 11.1. The van der Waals surface area contributed by atoms with Gasteiger partial charge in [-0.3, -0.25) is 9.59 Å². The van der Waals surface area contributed by atoms with Gasteiger partial charge in [-0.05, 0) is 23.8 Å². The average Bonchev–Trinajstić information content (AvgIpc) is 2.89. The third-order valence-electron chi connectivity index (χ3n) is 6.31. The number of hydrogen-bond acceptors (Lipinski definition) is 5. The van der Waals surface area contributed by atoms with Gasteiger partial charge in [0.2, 0.25) is 17.6 Å². The van der Waals surface area contributed by atoms with Crippen LogP contribution in [-0.2, 0) is 6.54 Å². The molecule has 0 radical (unpaired) electrons. The van der Waals surface area contributed by atoms with Crippen LogP contribution < -0.4 is 19.8 Å². The number of benzene rings is 3. The summed E-state index contributed by atoms with van der Waals surface area (Å²) in [6.45, 7) is 0.467. The fourth-order valence-corrected chi connectivity index (χ4v) is 4.59. The Kier molecular flexibility index (Phi) is 4.66. The highest BCUT2D eigenvalue weighted by Crippen LogP contribution is 2.41. The topological polar surface area (TPSA) is 78.6 Å². The second-order valence-corrected chi connectivity index (χ2v) is 8.32. The van der Waals surface area contributed by atoms with E-state index < -0.39 is 0 Å². The Balaban J connectivity index is 1.49. The van der Waals surface area contributed by atoms with E-state index >= 15 is 0 Å². The molecule has 0 saturated carbocycles. The van der Waals surface area contributed by atoms with E-state index in [0.717, 1.165) is 17.0 Å². The number of fused-ring (bicyclic) bond motifs is 5. The number of allylic oxidation sites excluding steroid dienone is 2. The van der Waals surface area contributed by atoms with E-state index in [4.69, 9.17) is 9.47 Å². The van der Waals surface area contributed by atoms with Crippen molar-refractivity contribution in [1.82, 2.24) is 0 Å². The summed E-state index contributed by atoms with van der Waals surface area (Å²) < 4.78 is 11.5. The highest BCUT2D eigenvalue weighted by atomic mass is 16.5. The lowest BCUT2D eigenvalue weighted by molar-refractivity contribution is -0.362. The van der Waals surface area contributed by atoms with Crippen LogP contribution in [0.4, 0.5) is 11.4 Å². The van der Waals surface area contributed by atoms with Crippen molar-refractivity contribution in [1.29, 1.82) is 0 Å².